The number of nitrogens with two attached hydrogens (primary N) is 1. The van der Waals surface area contributed by atoms with Crippen LogP contribution in [0.5, 0.6) is 0 Å². The molecule has 0 aromatic heterocycles. The maximum atomic E-state index is 6.05. The van der Waals surface area contributed by atoms with E-state index >= 15 is 0 Å². The molecule has 20 heavy (non-hydrogen) atoms. The van der Waals surface area contributed by atoms with Crippen molar-refractivity contribution < 1.29 is 9.47 Å². The first-order chi connectivity index (χ1) is 9.60. The molecule has 6 heteroatoms. The van der Waals surface area contributed by atoms with Gasteiger partial charge in [-0.1, -0.05) is 17.7 Å². The predicted molar refractivity (Wildman–Crippen MR) is 84.1 cm³/mol. The molecule has 0 spiro atoms. The molecule has 3 unspecified atom stereocenters. The molecule has 1 fully saturated rings. The van der Waals surface area contributed by atoms with Gasteiger partial charge < -0.3 is 15.2 Å². The van der Waals surface area contributed by atoms with Crippen molar-refractivity contribution in [2.45, 2.75) is 18.2 Å². The van der Waals surface area contributed by atoms with Crippen molar-refractivity contribution in [3.05, 3.63) is 33.3 Å². The lowest BCUT2D eigenvalue weighted by Crippen LogP contribution is -2.33. The van der Waals surface area contributed by atoms with Crippen LogP contribution in [0.4, 0.5) is 0 Å². The number of likely N-dealkylation sites (tertiary alicyclic amines) is 1. The molecule has 4 nitrogen and oxygen atoms in total. The molecule has 3 atom stereocenters. The zero-order chi connectivity index (χ0) is 14.7. The summed E-state index contributed by atoms with van der Waals surface area (Å²) in [6.07, 6.45) is 0.176. The van der Waals surface area contributed by atoms with E-state index in [-0.39, 0.29) is 18.2 Å². The Hall–Kier alpha value is -0.170. The number of benzene rings is 1. The van der Waals surface area contributed by atoms with Crippen molar-refractivity contribution in [3.63, 3.8) is 0 Å². The monoisotopic (exact) mass is 362 g/mol. The van der Waals surface area contributed by atoms with Gasteiger partial charge in [-0.15, -0.1) is 0 Å². The molecule has 1 aromatic carbocycles. The van der Waals surface area contributed by atoms with Crippen molar-refractivity contribution in [1.29, 1.82) is 0 Å². The van der Waals surface area contributed by atoms with Crippen LogP contribution in [-0.2, 0) is 9.47 Å². The number of hydrogen-bond acceptors (Lipinski definition) is 4. The normalized spacial score (nSPS) is 25.1. The fourth-order valence-corrected chi connectivity index (χ4v) is 3.21. The highest BCUT2D eigenvalue weighted by Gasteiger charge is 2.36. The molecule has 1 aromatic rings. The van der Waals surface area contributed by atoms with Gasteiger partial charge in [0.15, 0.2) is 0 Å². The number of methoxy groups -OCH3 is 2. The number of rotatable bonds is 5. The third-order valence-electron chi connectivity index (χ3n) is 3.84. The molecule has 1 heterocycles. The number of ether oxygens (including phenoxy) is 2. The van der Waals surface area contributed by atoms with Gasteiger partial charge >= 0.3 is 0 Å². The van der Waals surface area contributed by atoms with Crippen LogP contribution < -0.4 is 5.73 Å². The van der Waals surface area contributed by atoms with Crippen molar-refractivity contribution in [2.75, 3.05) is 33.9 Å². The first kappa shape index (κ1) is 16.2. The average molecular weight is 364 g/mol. The summed E-state index contributed by atoms with van der Waals surface area (Å²) in [4.78, 5) is 2.30. The zero-order valence-electron chi connectivity index (χ0n) is 11.7. The quantitative estimate of drug-likeness (QED) is 0.873. The summed E-state index contributed by atoms with van der Waals surface area (Å²) in [6.45, 7) is 2.18. The minimum Gasteiger partial charge on any atom is -0.377 e. The smallest absolute Gasteiger partial charge is 0.0972 e. The van der Waals surface area contributed by atoms with E-state index in [1.165, 1.54) is 0 Å². The molecule has 0 amide bonds. The summed E-state index contributed by atoms with van der Waals surface area (Å²) in [5, 5.41) is 0.704. The van der Waals surface area contributed by atoms with Gasteiger partial charge in [0.25, 0.3) is 0 Å². The van der Waals surface area contributed by atoms with E-state index in [2.05, 4.69) is 20.8 Å². The van der Waals surface area contributed by atoms with Crippen LogP contribution in [0, 0.1) is 0 Å². The van der Waals surface area contributed by atoms with Gasteiger partial charge in [-0.2, -0.15) is 0 Å². The topological polar surface area (TPSA) is 47.7 Å². The second-order valence-electron chi connectivity index (χ2n) is 4.93. The highest BCUT2D eigenvalue weighted by Crippen LogP contribution is 2.31. The molecule has 0 aliphatic carbocycles. The molecule has 2 N–H and O–H groups in total. The van der Waals surface area contributed by atoms with E-state index in [4.69, 9.17) is 26.8 Å². The van der Waals surface area contributed by atoms with E-state index in [1.54, 1.807) is 14.2 Å². The second kappa shape index (κ2) is 7.20. The standard InChI is InChI=1S/C14H20BrClN2O2/c1-19-13-7-18(8-14(13)20-2)12(6-17)9-3-4-11(16)10(15)5-9/h3-5,12-14H,6-8,17H2,1-2H3. The Balaban J connectivity index is 2.18. The first-order valence-electron chi connectivity index (χ1n) is 6.55. The molecule has 0 saturated carbocycles. The Kier molecular flexibility index (Phi) is 5.84. The maximum absolute atomic E-state index is 6.05. The van der Waals surface area contributed by atoms with Crippen LogP contribution in [0.3, 0.4) is 0 Å². The van der Waals surface area contributed by atoms with Crippen LogP contribution in [0.15, 0.2) is 22.7 Å². The van der Waals surface area contributed by atoms with E-state index in [0.29, 0.717) is 11.6 Å². The van der Waals surface area contributed by atoms with Gasteiger partial charge in [-0.25, -0.2) is 0 Å². The highest BCUT2D eigenvalue weighted by molar-refractivity contribution is 9.10. The summed E-state index contributed by atoms with van der Waals surface area (Å²) in [7, 11) is 3.44. The molecule has 1 aliphatic rings. The third-order valence-corrected chi connectivity index (χ3v) is 5.06. The Morgan fingerprint density at radius 3 is 2.40 bits per heavy atom. The predicted octanol–water partition coefficient (Wildman–Crippen LogP) is 2.45. The van der Waals surface area contributed by atoms with Crippen LogP contribution in [0.2, 0.25) is 5.02 Å². The van der Waals surface area contributed by atoms with Crippen molar-refractivity contribution in [2.24, 2.45) is 5.73 Å². The largest absolute Gasteiger partial charge is 0.377 e. The molecule has 1 saturated heterocycles. The fourth-order valence-electron chi connectivity index (χ4n) is 2.69. The minimum absolute atomic E-state index is 0.0878. The highest BCUT2D eigenvalue weighted by atomic mass is 79.9. The van der Waals surface area contributed by atoms with Gasteiger partial charge in [-0.3, -0.25) is 4.90 Å². The lowest BCUT2D eigenvalue weighted by Gasteiger charge is -2.27. The Morgan fingerprint density at radius 2 is 1.95 bits per heavy atom. The summed E-state index contributed by atoms with van der Waals surface area (Å²) in [5.74, 6) is 0. The van der Waals surface area contributed by atoms with E-state index in [1.807, 2.05) is 18.2 Å². The molecule has 0 radical (unpaired) electrons. The summed E-state index contributed by atoms with van der Waals surface area (Å²) < 4.78 is 11.9. The van der Waals surface area contributed by atoms with Crippen LogP contribution in [0.25, 0.3) is 0 Å². The van der Waals surface area contributed by atoms with E-state index in [9.17, 15) is 0 Å². The molecular weight excluding hydrogens is 344 g/mol. The average Bonchev–Trinajstić information content (AvgIpc) is 2.86. The maximum Gasteiger partial charge on any atom is 0.0972 e. The molecule has 0 bridgehead atoms. The summed E-state index contributed by atoms with van der Waals surface area (Å²) in [6, 6.07) is 6.08. The Bertz CT molecular complexity index is 449. The molecule has 2 rings (SSSR count). The SMILES string of the molecule is COC1CN(C(CN)c2ccc(Cl)c(Br)c2)CC1OC. The van der Waals surface area contributed by atoms with Gasteiger partial charge in [0, 0.05) is 44.4 Å². The lowest BCUT2D eigenvalue weighted by molar-refractivity contribution is -0.00461. The van der Waals surface area contributed by atoms with Crippen molar-refractivity contribution >= 4 is 27.5 Å². The number of hydrogen-bond donors (Lipinski definition) is 1. The second-order valence-corrected chi connectivity index (χ2v) is 6.19. The fraction of sp³-hybridized carbons (Fsp3) is 0.571. The number of nitrogens with zero attached hydrogens (tertiary/aromatic N) is 1. The summed E-state index contributed by atoms with van der Waals surface area (Å²) in [5.41, 5.74) is 7.12. The Labute approximate surface area is 133 Å². The van der Waals surface area contributed by atoms with Gasteiger partial charge in [0.05, 0.1) is 17.2 Å². The van der Waals surface area contributed by atoms with Gasteiger partial charge in [-0.05, 0) is 33.6 Å². The molecule has 1 aliphatic heterocycles. The van der Waals surface area contributed by atoms with Crippen LogP contribution in [-0.4, -0.2) is 51.0 Å². The molecular formula is C14H20BrClN2O2. The minimum atomic E-state index is 0.0878. The van der Waals surface area contributed by atoms with Crippen LogP contribution in [0.1, 0.15) is 11.6 Å². The van der Waals surface area contributed by atoms with Gasteiger partial charge in [0.1, 0.15) is 0 Å². The molecule has 112 valence electrons. The first-order valence-corrected chi connectivity index (χ1v) is 7.72. The zero-order valence-corrected chi connectivity index (χ0v) is 14.0. The van der Waals surface area contributed by atoms with Crippen molar-refractivity contribution in [1.82, 2.24) is 4.90 Å². The van der Waals surface area contributed by atoms with Crippen molar-refractivity contribution in [3.8, 4) is 0 Å². The van der Waals surface area contributed by atoms with E-state index in [0.717, 1.165) is 23.1 Å². The third kappa shape index (κ3) is 3.35. The van der Waals surface area contributed by atoms with Gasteiger partial charge in [0.2, 0.25) is 0 Å². The lowest BCUT2D eigenvalue weighted by atomic mass is 10.1. The number of halogens is 2. The van der Waals surface area contributed by atoms with Crippen LogP contribution >= 0.6 is 27.5 Å². The summed E-state index contributed by atoms with van der Waals surface area (Å²) >= 11 is 9.51. The Morgan fingerprint density at radius 1 is 1.35 bits per heavy atom. The van der Waals surface area contributed by atoms with E-state index < -0.39 is 0 Å².